The van der Waals surface area contributed by atoms with Crippen LogP contribution in [0.3, 0.4) is 0 Å². The summed E-state index contributed by atoms with van der Waals surface area (Å²) in [6.07, 6.45) is 29.1. The van der Waals surface area contributed by atoms with E-state index in [0.717, 1.165) is 19.3 Å². The first-order valence-electron chi connectivity index (χ1n) is 16.1. The molecule has 0 aromatic carbocycles. The number of esters is 1. The summed E-state index contributed by atoms with van der Waals surface area (Å²) in [5, 5.41) is 31.2. The van der Waals surface area contributed by atoms with Crippen LogP contribution in [0.1, 0.15) is 174 Å². The molecule has 0 radical (unpaired) electrons. The first-order chi connectivity index (χ1) is 18.8. The van der Waals surface area contributed by atoms with Crippen molar-refractivity contribution in [2.75, 3.05) is 6.61 Å². The first kappa shape index (κ1) is 47.1. The maximum atomic E-state index is 11.7. The van der Waals surface area contributed by atoms with Crippen LogP contribution in [0.4, 0.5) is 0 Å². The Morgan fingerprint density at radius 1 is 0.537 bits per heavy atom. The summed E-state index contributed by atoms with van der Waals surface area (Å²) in [5.74, 6) is -4.77. The number of unbranched alkanes of at least 4 members (excludes halogenated alkanes) is 23. The number of carboxylic acids is 2. The number of ether oxygens (including phenoxy) is 1. The monoisotopic (exact) mass is 632 g/mol. The van der Waals surface area contributed by atoms with Gasteiger partial charge in [0.05, 0.1) is 19.0 Å². The Balaban J connectivity index is -0.00000722. The zero-order valence-electron chi connectivity index (χ0n) is 27.0. The SMILES string of the molecule is CCCCCCCCCCCCCCCCCCCCCCCCCCOC(=O)CC(O)(CC(=O)[O-])C(=O)[O-].[K+].[K+]. The van der Waals surface area contributed by atoms with E-state index in [-0.39, 0.29) is 109 Å². The van der Waals surface area contributed by atoms with Crippen LogP contribution in [-0.4, -0.2) is 35.2 Å². The van der Waals surface area contributed by atoms with E-state index in [9.17, 15) is 29.7 Å². The number of carbonyl (C=O) groups excluding carboxylic acids is 3. The number of carboxylic acid groups (broad SMARTS) is 2. The fourth-order valence-corrected chi connectivity index (χ4v) is 4.99. The average molecular weight is 633 g/mol. The van der Waals surface area contributed by atoms with Gasteiger partial charge in [-0.1, -0.05) is 155 Å². The molecule has 0 amide bonds. The fourth-order valence-electron chi connectivity index (χ4n) is 4.99. The third-order valence-electron chi connectivity index (χ3n) is 7.51. The molecule has 0 aromatic heterocycles. The van der Waals surface area contributed by atoms with E-state index < -0.39 is 36.4 Å². The Hall–Kier alpha value is 1.64. The van der Waals surface area contributed by atoms with Crippen LogP contribution in [0.15, 0.2) is 0 Å². The van der Waals surface area contributed by atoms with Gasteiger partial charge in [-0.05, 0) is 6.42 Å². The molecule has 0 heterocycles. The Morgan fingerprint density at radius 2 is 0.829 bits per heavy atom. The quantitative estimate of drug-likeness (QED) is 0.0668. The van der Waals surface area contributed by atoms with Gasteiger partial charge in [0.25, 0.3) is 0 Å². The third-order valence-corrected chi connectivity index (χ3v) is 7.51. The van der Waals surface area contributed by atoms with Crippen molar-refractivity contribution in [2.45, 2.75) is 179 Å². The summed E-state index contributed by atoms with van der Waals surface area (Å²) < 4.78 is 4.92. The molecule has 0 rings (SSSR count). The van der Waals surface area contributed by atoms with Gasteiger partial charge in [-0.2, -0.15) is 0 Å². The zero-order valence-corrected chi connectivity index (χ0v) is 33.2. The summed E-state index contributed by atoms with van der Waals surface area (Å²) in [6.45, 7) is 2.39. The number of hydrogen-bond acceptors (Lipinski definition) is 7. The topological polar surface area (TPSA) is 127 Å². The Morgan fingerprint density at radius 3 is 1.10 bits per heavy atom. The Kier molecular flexibility index (Phi) is 39.6. The predicted molar refractivity (Wildman–Crippen MR) is 152 cm³/mol. The second kappa shape index (κ2) is 34.5. The second-order valence-corrected chi connectivity index (χ2v) is 11.4. The van der Waals surface area contributed by atoms with Gasteiger partial charge in [0.15, 0.2) is 0 Å². The molecule has 7 nitrogen and oxygen atoms in total. The maximum absolute atomic E-state index is 11.7. The normalized spacial score (nSPS) is 12.1. The molecule has 0 aromatic rings. The minimum Gasteiger partial charge on any atom is -0.550 e. The van der Waals surface area contributed by atoms with Gasteiger partial charge in [0.1, 0.15) is 5.60 Å². The van der Waals surface area contributed by atoms with E-state index in [0.29, 0.717) is 6.42 Å². The van der Waals surface area contributed by atoms with E-state index in [1.54, 1.807) is 0 Å². The largest absolute Gasteiger partial charge is 1.00 e. The molecule has 0 saturated carbocycles. The predicted octanol–water partition coefficient (Wildman–Crippen LogP) is -0.0690. The Bertz CT molecular complexity index is 619. The van der Waals surface area contributed by atoms with Crippen molar-refractivity contribution >= 4 is 17.9 Å². The van der Waals surface area contributed by atoms with Gasteiger partial charge >= 0.3 is 109 Å². The third kappa shape index (κ3) is 32.8. The molecule has 1 N–H and O–H groups in total. The molecule has 230 valence electrons. The van der Waals surface area contributed by atoms with E-state index >= 15 is 0 Å². The summed E-state index contributed by atoms with van der Waals surface area (Å²) >= 11 is 0. The summed E-state index contributed by atoms with van der Waals surface area (Å²) in [5.41, 5.74) is -2.80. The van der Waals surface area contributed by atoms with Crippen LogP contribution in [0.25, 0.3) is 0 Å². The molecule has 0 fully saturated rings. The van der Waals surface area contributed by atoms with Gasteiger partial charge in [0.2, 0.25) is 0 Å². The van der Waals surface area contributed by atoms with Crippen molar-refractivity contribution in [3.63, 3.8) is 0 Å². The number of aliphatic hydroxyl groups is 1. The summed E-state index contributed by atoms with van der Waals surface area (Å²) in [4.78, 5) is 33.2. The first-order valence-corrected chi connectivity index (χ1v) is 16.1. The fraction of sp³-hybridized carbons (Fsp3) is 0.906. The van der Waals surface area contributed by atoms with Gasteiger partial charge in [-0.15, -0.1) is 0 Å². The standard InChI is InChI=1S/C32H60O7.2K/c1-2-3-4-5-6-7-8-9-10-11-12-13-14-15-16-17-18-19-20-21-22-23-24-25-26-39-30(35)28-32(38,31(36)37)27-29(33)34;;/h38H,2-28H2,1H3,(H,33,34)(H,36,37);;/q;2*+1/p-2. The number of aliphatic carboxylic acids is 2. The molecule has 0 saturated heterocycles. The average Bonchev–Trinajstić information content (AvgIpc) is 2.88. The number of hydrogen-bond donors (Lipinski definition) is 1. The van der Waals surface area contributed by atoms with E-state index in [2.05, 4.69) is 6.92 Å². The van der Waals surface area contributed by atoms with Crippen LogP contribution in [-0.2, 0) is 19.1 Å². The molecule has 0 aliphatic carbocycles. The molecule has 1 unspecified atom stereocenters. The van der Waals surface area contributed by atoms with Gasteiger partial charge in [-0.25, -0.2) is 0 Å². The van der Waals surface area contributed by atoms with E-state index in [1.165, 1.54) is 128 Å². The van der Waals surface area contributed by atoms with Gasteiger partial charge in [-0.3, -0.25) is 4.79 Å². The molecule has 0 spiro atoms. The van der Waals surface area contributed by atoms with E-state index in [4.69, 9.17) is 4.74 Å². The summed E-state index contributed by atoms with van der Waals surface area (Å²) in [6, 6.07) is 0. The molecule has 41 heavy (non-hydrogen) atoms. The minimum atomic E-state index is -2.80. The van der Waals surface area contributed by atoms with Crippen LogP contribution in [0.2, 0.25) is 0 Å². The molecule has 1 atom stereocenters. The van der Waals surface area contributed by atoms with Crippen molar-refractivity contribution in [3.8, 4) is 0 Å². The van der Waals surface area contributed by atoms with Gasteiger partial charge < -0.3 is 29.6 Å². The van der Waals surface area contributed by atoms with Crippen LogP contribution >= 0.6 is 0 Å². The number of carbonyl (C=O) groups is 3. The molecule has 9 heteroatoms. The van der Waals surface area contributed by atoms with Crippen molar-refractivity contribution < 1.29 is 137 Å². The molecule has 0 aliphatic heterocycles. The van der Waals surface area contributed by atoms with Crippen LogP contribution in [0.5, 0.6) is 0 Å². The Labute approximate surface area is 336 Å². The van der Waals surface area contributed by atoms with Crippen molar-refractivity contribution in [1.29, 1.82) is 0 Å². The van der Waals surface area contributed by atoms with Crippen LogP contribution < -0.4 is 113 Å². The van der Waals surface area contributed by atoms with E-state index in [1.807, 2.05) is 0 Å². The maximum Gasteiger partial charge on any atom is 1.00 e. The second-order valence-electron chi connectivity index (χ2n) is 11.4. The number of rotatable bonds is 30. The van der Waals surface area contributed by atoms with Gasteiger partial charge in [0, 0.05) is 12.4 Å². The smallest absolute Gasteiger partial charge is 0.550 e. The molecular weight excluding hydrogens is 575 g/mol. The summed E-state index contributed by atoms with van der Waals surface area (Å²) in [7, 11) is 0. The minimum absolute atomic E-state index is 0. The molecular formula is C32H58K2O7. The molecule has 0 bridgehead atoms. The molecule has 0 aliphatic rings. The van der Waals surface area contributed by atoms with Crippen LogP contribution in [0, 0.1) is 0 Å². The van der Waals surface area contributed by atoms with Crippen molar-refractivity contribution in [2.24, 2.45) is 0 Å². The van der Waals surface area contributed by atoms with Crippen molar-refractivity contribution in [3.05, 3.63) is 0 Å². The van der Waals surface area contributed by atoms with Crippen molar-refractivity contribution in [1.82, 2.24) is 0 Å². The zero-order chi connectivity index (χ0) is 29.0.